The van der Waals surface area contributed by atoms with E-state index in [2.05, 4.69) is 11.1 Å². The van der Waals surface area contributed by atoms with Crippen molar-refractivity contribution in [3.05, 3.63) is 23.8 Å². The molecule has 0 aliphatic rings. The minimum Gasteiger partial charge on any atom is -0.497 e. The highest BCUT2D eigenvalue weighted by Crippen LogP contribution is 2.23. The number of methoxy groups -OCH3 is 1. The predicted octanol–water partition coefficient (Wildman–Crippen LogP) is 1.79. The normalized spacial score (nSPS) is 10.0. The Labute approximate surface area is 89.4 Å². The van der Waals surface area contributed by atoms with E-state index in [1.807, 2.05) is 19.0 Å². The zero-order valence-electron chi connectivity index (χ0n) is 9.06. The first-order valence-electron chi connectivity index (χ1n) is 4.46. The molecule has 0 bridgehead atoms. The summed E-state index contributed by atoms with van der Waals surface area (Å²) in [6.07, 6.45) is 1.66. The molecule has 0 aromatic heterocycles. The predicted molar refractivity (Wildman–Crippen MR) is 59.5 cm³/mol. The van der Waals surface area contributed by atoms with Crippen molar-refractivity contribution in [3.8, 4) is 11.8 Å². The van der Waals surface area contributed by atoms with Crippen LogP contribution in [0.1, 0.15) is 5.56 Å². The van der Waals surface area contributed by atoms with Crippen molar-refractivity contribution in [2.24, 2.45) is 4.99 Å². The molecule has 0 saturated carbocycles. The van der Waals surface area contributed by atoms with Crippen molar-refractivity contribution in [2.75, 3.05) is 21.2 Å². The van der Waals surface area contributed by atoms with Crippen molar-refractivity contribution in [2.45, 2.75) is 0 Å². The summed E-state index contributed by atoms with van der Waals surface area (Å²) in [5.74, 6) is 0.662. The molecular weight excluding hydrogens is 190 g/mol. The standard InChI is InChI=1S/C11H13N3O/c1-14(2)8-13-11-5-4-10(15-3)6-9(11)7-12/h4-6,8H,1-3H3. The number of nitrogens with zero attached hydrogens (tertiary/aromatic N) is 3. The van der Waals surface area contributed by atoms with Gasteiger partial charge in [-0.15, -0.1) is 0 Å². The van der Waals surface area contributed by atoms with E-state index in [1.54, 1.807) is 31.6 Å². The maximum atomic E-state index is 8.91. The van der Waals surface area contributed by atoms with Gasteiger partial charge in [0.05, 0.1) is 24.7 Å². The number of hydrogen-bond donors (Lipinski definition) is 0. The van der Waals surface area contributed by atoms with E-state index in [9.17, 15) is 0 Å². The zero-order chi connectivity index (χ0) is 11.3. The summed E-state index contributed by atoms with van der Waals surface area (Å²) in [6.45, 7) is 0. The Hall–Kier alpha value is -2.02. The minimum absolute atomic E-state index is 0.507. The number of benzene rings is 1. The average molecular weight is 203 g/mol. The molecule has 1 aromatic carbocycles. The van der Waals surface area contributed by atoms with Gasteiger partial charge in [0.15, 0.2) is 0 Å². The third kappa shape index (κ3) is 2.99. The number of ether oxygens (including phenoxy) is 1. The van der Waals surface area contributed by atoms with Crippen LogP contribution in [0.15, 0.2) is 23.2 Å². The largest absolute Gasteiger partial charge is 0.497 e. The van der Waals surface area contributed by atoms with Gasteiger partial charge in [-0.05, 0) is 12.1 Å². The Bertz CT molecular complexity index is 405. The second-order valence-electron chi connectivity index (χ2n) is 3.20. The molecule has 78 valence electrons. The fraction of sp³-hybridized carbons (Fsp3) is 0.273. The van der Waals surface area contributed by atoms with E-state index >= 15 is 0 Å². The van der Waals surface area contributed by atoms with E-state index < -0.39 is 0 Å². The van der Waals surface area contributed by atoms with Gasteiger partial charge in [-0.3, -0.25) is 0 Å². The molecule has 0 unspecified atom stereocenters. The summed E-state index contributed by atoms with van der Waals surface area (Å²) < 4.78 is 5.02. The van der Waals surface area contributed by atoms with Crippen LogP contribution in [0.2, 0.25) is 0 Å². The first-order valence-corrected chi connectivity index (χ1v) is 4.46. The molecule has 0 amide bonds. The molecule has 4 nitrogen and oxygen atoms in total. The lowest BCUT2D eigenvalue weighted by Gasteiger charge is -2.04. The van der Waals surface area contributed by atoms with Crippen LogP contribution in [0.3, 0.4) is 0 Å². The highest BCUT2D eigenvalue weighted by Gasteiger charge is 2.01. The molecule has 0 heterocycles. The van der Waals surface area contributed by atoms with Crippen LogP contribution in [0.25, 0.3) is 0 Å². The Morgan fingerprint density at radius 3 is 2.73 bits per heavy atom. The van der Waals surface area contributed by atoms with E-state index in [4.69, 9.17) is 10.00 Å². The van der Waals surface area contributed by atoms with Crippen molar-refractivity contribution < 1.29 is 4.74 Å². The SMILES string of the molecule is COc1ccc(N=CN(C)C)c(C#N)c1. The van der Waals surface area contributed by atoms with E-state index in [-0.39, 0.29) is 0 Å². The molecule has 1 aromatic rings. The molecule has 0 spiro atoms. The summed E-state index contributed by atoms with van der Waals surface area (Å²) in [5.41, 5.74) is 1.15. The number of aliphatic imine (C=N–C) groups is 1. The summed E-state index contributed by atoms with van der Waals surface area (Å²) in [4.78, 5) is 5.99. The molecule has 0 N–H and O–H groups in total. The number of rotatable bonds is 3. The fourth-order valence-corrected chi connectivity index (χ4v) is 1.02. The second kappa shape index (κ2) is 5.01. The van der Waals surface area contributed by atoms with Gasteiger partial charge in [0.2, 0.25) is 0 Å². The highest BCUT2D eigenvalue weighted by molar-refractivity contribution is 5.65. The van der Waals surface area contributed by atoms with Crippen molar-refractivity contribution in [1.82, 2.24) is 4.90 Å². The summed E-state index contributed by atoms with van der Waals surface area (Å²) in [6, 6.07) is 7.29. The van der Waals surface area contributed by atoms with Crippen molar-refractivity contribution >= 4 is 12.0 Å². The average Bonchev–Trinajstić information content (AvgIpc) is 2.25. The molecule has 1 rings (SSSR count). The van der Waals surface area contributed by atoms with Crippen LogP contribution in [0, 0.1) is 11.3 Å². The molecular formula is C11H13N3O. The first-order chi connectivity index (χ1) is 7.17. The van der Waals surface area contributed by atoms with Crippen molar-refractivity contribution in [1.29, 1.82) is 5.26 Å². The quantitative estimate of drug-likeness (QED) is 0.555. The molecule has 0 atom stereocenters. The summed E-state index contributed by atoms with van der Waals surface area (Å²) >= 11 is 0. The summed E-state index contributed by atoms with van der Waals surface area (Å²) in [5, 5.41) is 8.91. The lowest BCUT2D eigenvalue weighted by molar-refractivity contribution is 0.414. The van der Waals surface area contributed by atoms with Gasteiger partial charge >= 0.3 is 0 Å². The van der Waals surface area contributed by atoms with Crippen LogP contribution in [0.4, 0.5) is 5.69 Å². The third-order valence-corrected chi connectivity index (χ3v) is 1.75. The van der Waals surface area contributed by atoms with E-state index in [0.717, 1.165) is 0 Å². The van der Waals surface area contributed by atoms with Gasteiger partial charge in [-0.2, -0.15) is 5.26 Å². The first kappa shape index (κ1) is 11.1. The Morgan fingerprint density at radius 2 is 2.20 bits per heavy atom. The van der Waals surface area contributed by atoms with Gasteiger partial charge in [0.1, 0.15) is 11.8 Å². The van der Waals surface area contributed by atoms with Gasteiger partial charge in [0, 0.05) is 20.2 Å². The highest BCUT2D eigenvalue weighted by atomic mass is 16.5. The molecule has 0 fully saturated rings. The van der Waals surface area contributed by atoms with Crippen LogP contribution in [0.5, 0.6) is 5.75 Å². The maximum Gasteiger partial charge on any atom is 0.120 e. The molecule has 4 heteroatoms. The Morgan fingerprint density at radius 1 is 1.47 bits per heavy atom. The zero-order valence-corrected chi connectivity index (χ0v) is 9.06. The fourth-order valence-electron chi connectivity index (χ4n) is 1.02. The smallest absolute Gasteiger partial charge is 0.120 e. The van der Waals surface area contributed by atoms with E-state index in [0.29, 0.717) is 17.0 Å². The Kier molecular flexibility index (Phi) is 3.69. The molecule has 15 heavy (non-hydrogen) atoms. The summed E-state index contributed by atoms with van der Waals surface area (Å²) in [7, 11) is 5.32. The minimum atomic E-state index is 0.507. The molecule has 0 aliphatic heterocycles. The molecule has 0 aliphatic carbocycles. The van der Waals surface area contributed by atoms with E-state index in [1.165, 1.54) is 0 Å². The van der Waals surface area contributed by atoms with Gasteiger partial charge in [-0.25, -0.2) is 4.99 Å². The number of nitriles is 1. The lowest BCUT2D eigenvalue weighted by atomic mass is 10.2. The van der Waals surface area contributed by atoms with Crippen LogP contribution in [-0.2, 0) is 0 Å². The molecule has 0 radical (unpaired) electrons. The van der Waals surface area contributed by atoms with Crippen LogP contribution >= 0.6 is 0 Å². The number of hydrogen-bond acceptors (Lipinski definition) is 3. The van der Waals surface area contributed by atoms with Crippen LogP contribution in [-0.4, -0.2) is 32.4 Å². The van der Waals surface area contributed by atoms with Gasteiger partial charge in [-0.1, -0.05) is 0 Å². The topological polar surface area (TPSA) is 48.6 Å². The van der Waals surface area contributed by atoms with Gasteiger partial charge in [0.25, 0.3) is 0 Å². The van der Waals surface area contributed by atoms with Crippen LogP contribution < -0.4 is 4.74 Å². The third-order valence-electron chi connectivity index (χ3n) is 1.75. The maximum absolute atomic E-state index is 8.91. The van der Waals surface area contributed by atoms with Crippen molar-refractivity contribution in [3.63, 3.8) is 0 Å². The lowest BCUT2D eigenvalue weighted by Crippen LogP contribution is -2.07. The van der Waals surface area contributed by atoms with Gasteiger partial charge < -0.3 is 9.64 Å². The molecule has 0 saturated heterocycles. The monoisotopic (exact) mass is 203 g/mol. The second-order valence-corrected chi connectivity index (χ2v) is 3.20. The Balaban J connectivity index is 3.04.